The maximum atomic E-state index is 12.4. The van der Waals surface area contributed by atoms with Gasteiger partial charge in [0, 0.05) is 50.4 Å². The van der Waals surface area contributed by atoms with Gasteiger partial charge >= 0.3 is 0 Å². The fourth-order valence-corrected chi connectivity index (χ4v) is 3.17. The summed E-state index contributed by atoms with van der Waals surface area (Å²) in [7, 11) is 3.46. The molecule has 186 valence electrons. The molecule has 0 fully saturated rings. The Morgan fingerprint density at radius 3 is 2.69 bits per heavy atom. The van der Waals surface area contributed by atoms with Gasteiger partial charge in [-0.1, -0.05) is 0 Å². The lowest BCUT2D eigenvalue weighted by molar-refractivity contribution is -0.120. The molecule has 0 spiro atoms. The van der Waals surface area contributed by atoms with Crippen molar-refractivity contribution in [3.05, 3.63) is 48.5 Å². The fraction of sp³-hybridized carbons (Fsp3) is 0.375. The number of hydrogen-bond donors (Lipinski definition) is 3. The fourth-order valence-electron chi connectivity index (χ4n) is 3.17. The largest absolute Gasteiger partial charge is 0.471 e. The summed E-state index contributed by atoms with van der Waals surface area (Å²) >= 11 is 0. The zero-order chi connectivity index (χ0) is 25.0. The van der Waals surface area contributed by atoms with Crippen LogP contribution in [0.5, 0.6) is 5.75 Å². The number of methoxy groups -OCH3 is 1. The van der Waals surface area contributed by atoms with Gasteiger partial charge in [-0.2, -0.15) is 0 Å². The average Bonchev–Trinajstić information content (AvgIpc) is 2.85. The molecule has 0 bridgehead atoms. The number of pyridine rings is 1. The SMILES string of the molecule is COCCNCC(=O)NCCC(=O)Nc1ccc2ncnc(N(C)COc3ccc(C)nc3)c2c1. The van der Waals surface area contributed by atoms with Gasteiger partial charge in [0.25, 0.3) is 0 Å². The van der Waals surface area contributed by atoms with Crippen molar-refractivity contribution in [2.45, 2.75) is 13.3 Å². The van der Waals surface area contributed by atoms with Crippen molar-refractivity contribution in [1.29, 1.82) is 0 Å². The van der Waals surface area contributed by atoms with Gasteiger partial charge in [-0.05, 0) is 37.3 Å². The van der Waals surface area contributed by atoms with Crippen LogP contribution in [0.4, 0.5) is 11.5 Å². The predicted molar refractivity (Wildman–Crippen MR) is 133 cm³/mol. The Morgan fingerprint density at radius 1 is 1.06 bits per heavy atom. The number of rotatable bonds is 13. The number of ether oxygens (including phenoxy) is 2. The van der Waals surface area contributed by atoms with Crippen molar-refractivity contribution in [3.8, 4) is 5.75 Å². The number of fused-ring (bicyclic) bond motifs is 1. The monoisotopic (exact) mass is 481 g/mol. The third-order valence-corrected chi connectivity index (χ3v) is 5.01. The highest BCUT2D eigenvalue weighted by Gasteiger charge is 2.12. The van der Waals surface area contributed by atoms with E-state index in [9.17, 15) is 9.59 Å². The van der Waals surface area contributed by atoms with Gasteiger partial charge in [-0.3, -0.25) is 14.6 Å². The first-order valence-corrected chi connectivity index (χ1v) is 11.2. The van der Waals surface area contributed by atoms with Crippen LogP contribution < -0.4 is 25.6 Å². The number of carbonyl (C=O) groups excluding carboxylic acids is 2. The maximum absolute atomic E-state index is 12.4. The van der Waals surface area contributed by atoms with E-state index in [4.69, 9.17) is 9.47 Å². The topological polar surface area (TPSA) is 131 Å². The molecule has 0 radical (unpaired) electrons. The van der Waals surface area contributed by atoms with Crippen LogP contribution in [-0.2, 0) is 14.3 Å². The second-order valence-corrected chi connectivity index (χ2v) is 7.85. The summed E-state index contributed by atoms with van der Waals surface area (Å²) in [6, 6.07) is 9.18. The lowest BCUT2D eigenvalue weighted by Crippen LogP contribution is -2.36. The van der Waals surface area contributed by atoms with E-state index in [0.29, 0.717) is 30.4 Å². The summed E-state index contributed by atoms with van der Waals surface area (Å²) in [6.45, 7) is 3.71. The zero-order valence-corrected chi connectivity index (χ0v) is 20.2. The third-order valence-electron chi connectivity index (χ3n) is 5.01. The molecule has 11 heteroatoms. The highest BCUT2D eigenvalue weighted by atomic mass is 16.5. The van der Waals surface area contributed by atoms with Crippen molar-refractivity contribution in [2.24, 2.45) is 0 Å². The van der Waals surface area contributed by atoms with Gasteiger partial charge in [0.2, 0.25) is 11.8 Å². The maximum Gasteiger partial charge on any atom is 0.233 e. The summed E-state index contributed by atoms with van der Waals surface area (Å²) in [4.78, 5) is 38.9. The molecule has 11 nitrogen and oxygen atoms in total. The van der Waals surface area contributed by atoms with Gasteiger partial charge in [0.15, 0.2) is 6.73 Å². The number of aryl methyl sites for hydroxylation is 1. The molecule has 3 aromatic rings. The van der Waals surface area contributed by atoms with E-state index in [0.717, 1.165) is 16.6 Å². The van der Waals surface area contributed by atoms with Crippen molar-refractivity contribution in [1.82, 2.24) is 25.6 Å². The van der Waals surface area contributed by atoms with E-state index in [1.807, 2.05) is 43.1 Å². The predicted octanol–water partition coefficient (Wildman–Crippen LogP) is 1.49. The lowest BCUT2D eigenvalue weighted by atomic mass is 10.2. The molecule has 0 aliphatic heterocycles. The van der Waals surface area contributed by atoms with Gasteiger partial charge in [0.05, 0.1) is 24.9 Å². The van der Waals surface area contributed by atoms with Gasteiger partial charge in [-0.15, -0.1) is 0 Å². The molecule has 0 saturated carbocycles. The highest BCUT2D eigenvalue weighted by Crippen LogP contribution is 2.25. The second kappa shape index (κ2) is 13.2. The van der Waals surface area contributed by atoms with Crippen LogP contribution in [0.25, 0.3) is 10.9 Å². The highest BCUT2D eigenvalue weighted by molar-refractivity contribution is 5.97. The lowest BCUT2D eigenvalue weighted by Gasteiger charge is -2.20. The number of anilines is 2. The van der Waals surface area contributed by atoms with Crippen LogP contribution in [0.3, 0.4) is 0 Å². The normalized spacial score (nSPS) is 10.7. The molecule has 2 heterocycles. The Morgan fingerprint density at radius 2 is 1.91 bits per heavy atom. The molecular weight excluding hydrogens is 450 g/mol. The number of nitrogens with one attached hydrogen (secondary N) is 3. The number of benzene rings is 1. The molecule has 35 heavy (non-hydrogen) atoms. The Bertz CT molecular complexity index is 1120. The summed E-state index contributed by atoms with van der Waals surface area (Å²) in [5, 5.41) is 9.30. The molecular formula is C24H31N7O4. The first-order chi connectivity index (χ1) is 17.0. The van der Waals surface area contributed by atoms with Gasteiger partial charge in [-0.25, -0.2) is 9.97 Å². The standard InChI is InChI=1S/C24H31N7O4/c1-17-4-6-19(13-27-17)35-16-31(2)24-20-12-18(5-7-21(20)28-15-29-24)30-22(32)8-9-26-23(33)14-25-10-11-34-3/h4-7,12-13,15,25H,8-11,14,16H2,1-3H3,(H,26,33)(H,30,32). The molecule has 0 aliphatic carbocycles. The van der Waals surface area contributed by atoms with E-state index >= 15 is 0 Å². The van der Waals surface area contributed by atoms with E-state index in [-0.39, 0.29) is 38.1 Å². The van der Waals surface area contributed by atoms with Crippen molar-refractivity contribution < 1.29 is 19.1 Å². The van der Waals surface area contributed by atoms with Crippen molar-refractivity contribution in [3.63, 3.8) is 0 Å². The summed E-state index contributed by atoms with van der Waals surface area (Å²) < 4.78 is 10.7. The van der Waals surface area contributed by atoms with E-state index in [1.54, 1.807) is 19.4 Å². The zero-order valence-electron chi connectivity index (χ0n) is 20.2. The Hall–Kier alpha value is -3.83. The first kappa shape index (κ1) is 25.8. The number of nitrogens with zero attached hydrogens (tertiary/aromatic N) is 4. The minimum atomic E-state index is -0.209. The van der Waals surface area contributed by atoms with E-state index in [1.165, 1.54) is 6.33 Å². The molecule has 2 aromatic heterocycles. The van der Waals surface area contributed by atoms with E-state index < -0.39 is 0 Å². The van der Waals surface area contributed by atoms with Crippen LogP contribution >= 0.6 is 0 Å². The molecule has 3 rings (SSSR count). The molecule has 0 saturated heterocycles. The van der Waals surface area contributed by atoms with E-state index in [2.05, 4.69) is 30.9 Å². The van der Waals surface area contributed by atoms with Crippen LogP contribution in [-0.4, -0.2) is 73.9 Å². The summed E-state index contributed by atoms with van der Waals surface area (Å²) in [6.07, 6.45) is 3.32. The van der Waals surface area contributed by atoms with Gasteiger partial charge < -0.3 is 30.3 Å². The first-order valence-electron chi connectivity index (χ1n) is 11.2. The van der Waals surface area contributed by atoms with Crippen LogP contribution in [0.1, 0.15) is 12.1 Å². The average molecular weight is 482 g/mol. The molecule has 0 unspecified atom stereocenters. The number of amides is 2. The number of hydrogen-bond acceptors (Lipinski definition) is 9. The van der Waals surface area contributed by atoms with Crippen molar-refractivity contribution >= 4 is 34.2 Å². The number of aromatic nitrogens is 3. The molecule has 1 aromatic carbocycles. The quantitative estimate of drug-likeness (QED) is 0.245. The molecule has 0 atom stereocenters. The smallest absolute Gasteiger partial charge is 0.233 e. The molecule has 0 aliphatic rings. The second-order valence-electron chi connectivity index (χ2n) is 7.85. The molecule has 3 N–H and O–H groups in total. The summed E-state index contributed by atoms with van der Waals surface area (Å²) in [5.74, 6) is 0.943. The minimum Gasteiger partial charge on any atom is -0.471 e. The molecule has 2 amide bonds. The Kier molecular flexibility index (Phi) is 9.69. The van der Waals surface area contributed by atoms with Crippen LogP contribution in [0.2, 0.25) is 0 Å². The number of carbonyl (C=O) groups is 2. The summed E-state index contributed by atoms with van der Waals surface area (Å²) in [5.41, 5.74) is 2.27. The van der Waals surface area contributed by atoms with Crippen molar-refractivity contribution in [2.75, 3.05) is 57.3 Å². The van der Waals surface area contributed by atoms with Gasteiger partial charge in [0.1, 0.15) is 17.9 Å². The minimum absolute atomic E-state index is 0.151. The van der Waals surface area contributed by atoms with Crippen LogP contribution in [0.15, 0.2) is 42.9 Å². The Labute approximate surface area is 204 Å². The Balaban J connectivity index is 1.55. The van der Waals surface area contributed by atoms with Crippen LogP contribution in [0, 0.1) is 6.92 Å². The third kappa shape index (κ3) is 8.16.